The largest absolute Gasteiger partial charge is 0.481 e. The van der Waals surface area contributed by atoms with Gasteiger partial charge in [-0.25, -0.2) is 8.78 Å². The van der Waals surface area contributed by atoms with Gasteiger partial charge in [0.05, 0.1) is 12.5 Å². The molecule has 5 heteroatoms. The Labute approximate surface area is 74.3 Å². The van der Waals surface area contributed by atoms with Crippen LogP contribution in [0.4, 0.5) is 8.78 Å². The van der Waals surface area contributed by atoms with E-state index in [0.717, 1.165) is 0 Å². The molecule has 1 heterocycles. The maximum Gasteiger partial charge on any atom is 0.307 e. The standard InChI is InChI=1S/C8H11F2NO2/c9-6(10)3-11-1-4-5(2-11)7(4)8(12)13/h4-7H,1-3H2,(H,12,13)/t4-,5+,7?. The van der Waals surface area contributed by atoms with Gasteiger partial charge in [-0.2, -0.15) is 0 Å². The fourth-order valence-electron chi connectivity index (χ4n) is 2.32. The number of likely N-dealkylation sites (tertiary alicyclic amines) is 1. The van der Waals surface area contributed by atoms with E-state index in [1.54, 1.807) is 4.90 Å². The predicted molar refractivity (Wildman–Crippen MR) is 40.5 cm³/mol. The zero-order chi connectivity index (χ0) is 9.59. The van der Waals surface area contributed by atoms with Crippen LogP contribution in [0.2, 0.25) is 0 Å². The van der Waals surface area contributed by atoms with Crippen LogP contribution in [0.3, 0.4) is 0 Å². The van der Waals surface area contributed by atoms with E-state index >= 15 is 0 Å². The molecule has 1 saturated heterocycles. The van der Waals surface area contributed by atoms with E-state index < -0.39 is 12.4 Å². The van der Waals surface area contributed by atoms with Gasteiger partial charge >= 0.3 is 5.97 Å². The van der Waals surface area contributed by atoms with Gasteiger partial charge in [-0.05, 0) is 11.8 Å². The summed E-state index contributed by atoms with van der Waals surface area (Å²) in [6.45, 7) is 0.858. The van der Waals surface area contributed by atoms with Gasteiger partial charge in [-0.15, -0.1) is 0 Å². The van der Waals surface area contributed by atoms with E-state index in [1.807, 2.05) is 0 Å². The van der Waals surface area contributed by atoms with Gasteiger partial charge in [-0.1, -0.05) is 0 Å². The number of nitrogens with zero attached hydrogens (tertiary/aromatic N) is 1. The molecule has 74 valence electrons. The molecule has 2 rings (SSSR count). The van der Waals surface area contributed by atoms with Gasteiger partial charge in [0, 0.05) is 13.1 Å². The molecule has 0 amide bonds. The van der Waals surface area contributed by atoms with Crippen LogP contribution in [-0.4, -0.2) is 42.0 Å². The number of rotatable bonds is 3. The number of fused-ring (bicyclic) bond motifs is 1. The average Bonchev–Trinajstić information content (AvgIpc) is 2.49. The van der Waals surface area contributed by atoms with Crippen LogP contribution >= 0.6 is 0 Å². The Balaban J connectivity index is 1.80. The van der Waals surface area contributed by atoms with Crippen LogP contribution < -0.4 is 0 Å². The molecule has 0 aromatic rings. The van der Waals surface area contributed by atoms with Gasteiger partial charge in [0.2, 0.25) is 0 Å². The number of hydrogen-bond acceptors (Lipinski definition) is 2. The zero-order valence-corrected chi connectivity index (χ0v) is 6.99. The first-order valence-electron chi connectivity index (χ1n) is 4.33. The summed E-state index contributed by atoms with van der Waals surface area (Å²) >= 11 is 0. The van der Waals surface area contributed by atoms with E-state index in [0.29, 0.717) is 13.1 Å². The summed E-state index contributed by atoms with van der Waals surface area (Å²) in [5.41, 5.74) is 0. The van der Waals surface area contributed by atoms with Gasteiger partial charge in [-0.3, -0.25) is 9.69 Å². The lowest BCUT2D eigenvalue weighted by atomic mass is 10.2. The number of halogens is 2. The first-order valence-corrected chi connectivity index (χ1v) is 4.33. The Hall–Kier alpha value is -0.710. The molecule has 2 aliphatic rings. The Morgan fingerprint density at radius 3 is 2.38 bits per heavy atom. The highest BCUT2D eigenvalue weighted by atomic mass is 19.3. The molecule has 1 unspecified atom stereocenters. The number of carbonyl (C=O) groups is 1. The van der Waals surface area contributed by atoms with Gasteiger partial charge in [0.25, 0.3) is 6.43 Å². The van der Waals surface area contributed by atoms with Crippen molar-refractivity contribution in [3.05, 3.63) is 0 Å². The van der Waals surface area contributed by atoms with Gasteiger partial charge in [0.15, 0.2) is 0 Å². The van der Waals surface area contributed by atoms with Gasteiger partial charge in [0.1, 0.15) is 0 Å². The van der Waals surface area contributed by atoms with E-state index in [-0.39, 0.29) is 24.3 Å². The Morgan fingerprint density at radius 1 is 1.46 bits per heavy atom. The highest BCUT2D eigenvalue weighted by Crippen LogP contribution is 2.51. The second-order valence-corrected chi connectivity index (χ2v) is 3.80. The summed E-state index contributed by atoms with van der Waals surface area (Å²) in [6, 6.07) is 0. The highest BCUT2D eigenvalue weighted by molar-refractivity contribution is 5.74. The average molecular weight is 191 g/mol. The van der Waals surface area contributed by atoms with Crippen molar-refractivity contribution >= 4 is 5.97 Å². The van der Waals surface area contributed by atoms with Crippen molar-refractivity contribution in [1.82, 2.24) is 4.90 Å². The summed E-state index contributed by atoms with van der Waals surface area (Å²) in [7, 11) is 0. The van der Waals surface area contributed by atoms with E-state index in [4.69, 9.17) is 5.11 Å². The minimum absolute atomic E-state index is 0.135. The summed E-state index contributed by atoms with van der Waals surface area (Å²) < 4.78 is 23.9. The zero-order valence-electron chi connectivity index (χ0n) is 6.99. The summed E-state index contributed by atoms with van der Waals surface area (Å²) in [4.78, 5) is 12.2. The summed E-state index contributed by atoms with van der Waals surface area (Å²) in [5.74, 6) is -0.756. The van der Waals surface area contributed by atoms with Crippen LogP contribution in [0.5, 0.6) is 0 Å². The lowest BCUT2D eigenvalue weighted by Crippen LogP contribution is -2.30. The molecule has 13 heavy (non-hydrogen) atoms. The van der Waals surface area contributed by atoms with Crippen LogP contribution in [0.1, 0.15) is 0 Å². The third kappa shape index (κ3) is 1.52. The first kappa shape index (κ1) is 8.87. The lowest BCUT2D eigenvalue weighted by Gasteiger charge is -2.17. The number of alkyl halides is 2. The van der Waals surface area contributed by atoms with Crippen LogP contribution in [-0.2, 0) is 4.79 Å². The number of carboxylic acids is 1. The summed E-state index contributed by atoms with van der Waals surface area (Å²) in [5, 5.41) is 8.66. The molecule has 3 atom stereocenters. The van der Waals surface area contributed by atoms with Crippen LogP contribution in [0.25, 0.3) is 0 Å². The molecule has 0 spiro atoms. The molecule has 0 bridgehead atoms. The minimum atomic E-state index is -2.30. The van der Waals surface area contributed by atoms with Crippen LogP contribution in [0.15, 0.2) is 0 Å². The SMILES string of the molecule is O=C(O)C1[C@H]2CN(CC(F)F)C[C@@H]12. The number of aliphatic carboxylic acids is 1. The second-order valence-electron chi connectivity index (χ2n) is 3.80. The highest BCUT2D eigenvalue weighted by Gasteiger charge is 2.59. The third-order valence-electron chi connectivity index (χ3n) is 2.95. The number of piperidine rings is 1. The number of carboxylic acid groups (broad SMARTS) is 1. The molecule has 2 fully saturated rings. The topological polar surface area (TPSA) is 40.5 Å². The number of hydrogen-bond donors (Lipinski definition) is 1. The van der Waals surface area contributed by atoms with Crippen molar-refractivity contribution in [1.29, 1.82) is 0 Å². The normalized spacial score (nSPS) is 37.9. The van der Waals surface area contributed by atoms with Crippen LogP contribution in [0, 0.1) is 17.8 Å². The van der Waals surface area contributed by atoms with E-state index in [9.17, 15) is 13.6 Å². The van der Waals surface area contributed by atoms with Crippen molar-refractivity contribution < 1.29 is 18.7 Å². The minimum Gasteiger partial charge on any atom is -0.481 e. The first-order chi connectivity index (χ1) is 6.09. The Bertz CT molecular complexity index is 222. The molecule has 0 aromatic carbocycles. The van der Waals surface area contributed by atoms with E-state index in [1.165, 1.54) is 0 Å². The fourth-order valence-corrected chi connectivity index (χ4v) is 2.32. The molecule has 1 N–H and O–H groups in total. The molecule has 1 aliphatic heterocycles. The molecule has 3 nitrogen and oxygen atoms in total. The maximum absolute atomic E-state index is 11.9. The molecule has 1 aliphatic carbocycles. The van der Waals surface area contributed by atoms with E-state index in [2.05, 4.69) is 0 Å². The monoisotopic (exact) mass is 191 g/mol. The quantitative estimate of drug-likeness (QED) is 0.706. The van der Waals surface area contributed by atoms with Crippen molar-refractivity contribution in [3.8, 4) is 0 Å². The Morgan fingerprint density at radius 2 is 2.00 bits per heavy atom. The Kier molecular flexibility index (Phi) is 1.98. The molecule has 1 saturated carbocycles. The lowest BCUT2D eigenvalue weighted by molar-refractivity contribution is -0.139. The van der Waals surface area contributed by atoms with Crippen molar-refractivity contribution in [2.75, 3.05) is 19.6 Å². The molecule has 0 radical (unpaired) electrons. The fraction of sp³-hybridized carbons (Fsp3) is 0.875. The molecular weight excluding hydrogens is 180 g/mol. The molecule has 0 aromatic heterocycles. The van der Waals surface area contributed by atoms with Crippen molar-refractivity contribution in [2.45, 2.75) is 6.43 Å². The maximum atomic E-state index is 11.9. The van der Waals surface area contributed by atoms with Crippen molar-refractivity contribution in [3.63, 3.8) is 0 Å². The summed E-state index contributed by atoms with van der Waals surface area (Å²) in [6.07, 6.45) is -2.30. The smallest absolute Gasteiger partial charge is 0.307 e. The van der Waals surface area contributed by atoms with Gasteiger partial charge < -0.3 is 5.11 Å². The predicted octanol–water partition coefficient (Wildman–Crippen LogP) is 0.514. The van der Waals surface area contributed by atoms with Crippen molar-refractivity contribution in [2.24, 2.45) is 17.8 Å². The molecular formula is C8H11F2NO2. The second kappa shape index (κ2) is 2.90. The third-order valence-corrected chi connectivity index (χ3v) is 2.95.